The van der Waals surface area contributed by atoms with Gasteiger partial charge in [-0.05, 0) is 55.3 Å². The number of hydrogen-bond acceptors (Lipinski definition) is 5. The Kier molecular flexibility index (Phi) is 6.80. The van der Waals surface area contributed by atoms with Crippen LogP contribution in [0.1, 0.15) is 19.8 Å². The van der Waals surface area contributed by atoms with Crippen LogP contribution in [0.25, 0.3) is 0 Å². The fourth-order valence-corrected chi connectivity index (χ4v) is 6.50. The lowest BCUT2D eigenvalue weighted by Gasteiger charge is -2.25. The summed E-state index contributed by atoms with van der Waals surface area (Å²) < 4.78 is 27.6. The number of hydrogen-bond donors (Lipinski definition) is 1. The predicted octanol–water partition coefficient (Wildman–Crippen LogP) is 3.84. The molecule has 0 unspecified atom stereocenters. The van der Waals surface area contributed by atoms with E-state index < -0.39 is 10.0 Å². The van der Waals surface area contributed by atoms with Gasteiger partial charge in [0.25, 0.3) is 0 Å². The van der Waals surface area contributed by atoms with Crippen molar-refractivity contribution in [3.63, 3.8) is 0 Å². The van der Waals surface area contributed by atoms with Gasteiger partial charge in [0.15, 0.2) is 0 Å². The van der Waals surface area contributed by atoms with Gasteiger partial charge in [-0.25, -0.2) is 8.42 Å². The maximum atomic E-state index is 13.1. The molecule has 1 saturated heterocycles. The number of nitrogens with one attached hydrogen (secondary N) is 1. The van der Waals surface area contributed by atoms with Gasteiger partial charge in [0.2, 0.25) is 21.8 Å². The van der Waals surface area contributed by atoms with E-state index in [2.05, 4.69) is 5.32 Å². The van der Waals surface area contributed by atoms with E-state index in [0.29, 0.717) is 35.2 Å². The summed E-state index contributed by atoms with van der Waals surface area (Å²) in [6.45, 7) is 2.59. The van der Waals surface area contributed by atoms with Crippen LogP contribution in [-0.4, -0.2) is 49.9 Å². The Balaban J connectivity index is 1.64. The molecule has 1 N–H and O–H groups in total. The number of thioether (sulfide) groups is 1. The quantitative estimate of drug-likeness (QED) is 0.683. The van der Waals surface area contributed by atoms with Crippen molar-refractivity contribution in [3.8, 4) is 0 Å². The fourth-order valence-electron chi connectivity index (χ4n) is 3.78. The normalized spacial score (nSPS) is 19.5. The highest BCUT2D eigenvalue weighted by Crippen LogP contribution is 2.38. The molecule has 0 spiro atoms. The lowest BCUT2D eigenvalue weighted by molar-refractivity contribution is -0.123. The molecule has 7 nitrogen and oxygen atoms in total. The Hall–Kier alpha value is -2.07. The second-order valence-corrected chi connectivity index (χ2v) is 11.4. The molecule has 0 aliphatic carbocycles. The highest BCUT2D eigenvalue weighted by Gasteiger charge is 2.33. The standard InChI is InChI=1S/C22H24ClN3O4S2/c1-15-14-31-20-9-8-18(32(29,30)25-10-2-3-11-25)12-19(20)26(22(15)28)13-21(27)24-17-6-4-16(23)5-7-17/h4-9,12,15H,2-3,10-11,13-14H2,1H3,(H,24,27)/t15-/m0/s1. The summed E-state index contributed by atoms with van der Waals surface area (Å²) in [5.41, 5.74) is 1.02. The fraction of sp³-hybridized carbons (Fsp3) is 0.364. The molecule has 0 radical (unpaired) electrons. The molecular formula is C22H24ClN3O4S2. The highest BCUT2D eigenvalue weighted by atomic mass is 35.5. The minimum absolute atomic E-state index is 0.143. The average Bonchev–Trinajstić information content (AvgIpc) is 3.29. The minimum Gasteiger partial charge on any atom is -0.325 e. The molecule has 2 amide bonds. The van der Waals surface area contributed by atoms with Gasteiger partial charge in [-0.15, -0.1) is 11.8 Å². The van der Waals surface area contributed by atoms with Crippen molar-refractivity contribution in [3.05, 3.63) is 47.5 Å². The summed E-state index contributed by atoms with van der Waals surface area (Å²) in [7, 11) is -3.65. The molecule has 10 heteroatoms. The Morgan fingerprint density at radius 1 is 1.16 bits per heavy atom. The maximum Gasteiger partial charge on any atom is 0.244 e. The van der Waals surface area contributed by atoms with Crippen LogP contribution in [0.15, 0.2) is 52.3 Å². The summed E-state index contributed by atoms with van der Waals surface area (Å²) in [6, 6.07) is 11.5. The third-order valence-electron chi connectivity index (χ3n) is 5.53. The summed E-state index contributed by atoms with van der Waals surface area (Å²) in [6.07, 6.45) is 1.68. The monoisotopic (exact) mass is 493 g/mol. The zero-order valence-corrected chi connectivity index (χ0v) is 20.0. The van der Waals surface area contributed by atoms with Gasteiger partial charge in [-0.3, -0.25) is 9.59 Å². The molecule has 1 atom stereocenters. The molecule has 2 aliphatic heterocycles. The molecule has 0 saturated carbocycles. The van der Waals surface area contributed by atoms with Gasteiger partial charge in [-0.1, -0.05) is 18.5 Å². The third kappa shape index (κ3) is 4.80. The van der Waals surface area contributed by atoms with Crippen LogP contribution in [0.5, 0.6) is 0 Å². The first-order chi connectivity index (χ1) is 15.3. The van der Waals surface area contributed by atoms with Crippen molar-refractivity contribution in [2.24, 2.45) is 5.92 Å². The summed E-state index contributed by atoms with van der Waals surface area (Å²) in [4.78, 5) is 28.2. The van der Waals surface area contributed by atoms with Gasteiger partial charge >= 0.3 is 0 Å². The van der Waals surface area contributed by atoms with E-state index in [1.54, 1.807) is 36.4 Å². The molecule has 0 bridgehead atoms. The van der Waals surface area contributed by atoms with E-state index in [1.807, 2.05) is 6.92 Å². The van der Waals surface area contributed by atoms with Crippen LogP contribution >= 0.6 is 23.4 Å². The van der Waals surface area contributed by atoms with Crippen molar-refractivity contribution < 1.29 is 18.0 Å². The van der Waals surface area contributed by atoms with Gasteiger partial charge in [0, 0.05) is 40.4 Å². The third-order valence-corrected chi connectivity index (χ3v) is 9.00. The Bertz CT molecular complexity index is 1130. The van der Waals surface area contributed by atoms with Crippen LogP contribution in [0.2, 0.25) is 5.02 Å². The molecule has 2 aromatic carbocycles. The van der Waals surface area contributed by atoms with E-state index in [0.717, 1.165) is 17.7 Å². The second kappa shape index (κ2) is 9.43. The van der Waals surface area contributed by atoms with Crippen LogP contribution in [0, 0.1) is 5.92 Å². The lowest BCUT2D eigenvalue weighted by Crippen LogP contribution is -2.41. The molecule has 2 heterocycles. The molecule has 4 rings (SSSR count). The van der Waals surface area contributed by atoms with E-state index >= 15 is 0 Å². The Morgan fingerprint density at radius 2 is 1.84 bits per heavy atom. The van der Waals surface area contributed by atoms with E-state index in [4.69, 9.17) is 11.6 Å². The SMILES string of the molecule is C[C@H]1CSc2ccc(S(=O)(=O)N3CCCC3)cc2N(CC(=O)Nc2ccc(Cl)cc2)C1=O. The molecule has 0 aromatic heterocycles. The molecular weight excluding hydrogens is 470 g/mol. The van der Waals surface area contributed by atoms with E-state index in [-0.39, 0.29) is 29.2 Å². The average molecular weight is 494 g/mol. The molecule has 1 fully saturated rings. The van der Waals surface area contributed by atoms with Crippen LogP contribution in [-0.2, 0) is 19.6 Å². The number of amides is 2. The number of rotatable bonds is 5. The van der Waals surface area contributed by atoms with Gasteiger partial charge < -0.3 is 10.2 Å². The smallest absolute Gasteiger partial charge is 0.244 e. The van der Waals surface area contributed by atoms with Crippen molar-refractivity contribution in [2.45, 2.75) is 29.6 Å². The summed E-state index contributed by atoms with van der Waals surface area (Å²) in [5, 5.41) is 3.32. The number of anilines is 2. The topological polar surface area (TPSA) is 86.8 Å². The zero-order valence-electron chi connectivity index (χ0n) is 17.6. The van der Waals surface area contributed by atoms with Gasteiger partial charge in [-0.2, -0.15) is 4.31 Å². The van der Waals surface area contributed by atoms with Crippen LogP contribution in [0.3, 0.4) is 0 Å². The summed E-state index contributed by atoms with van der Waals surface area (Å²) in [5.74, 6) is -0.342. The number of benzene rings is 2. The number of carbonyl (C=O) groups excluding carboxylic acids is 2. The second-order valence-electron chi connectivity index (χ2n) is 7.93. The lowest BCUT2D eigenvalue weighted by atomic mass is 10.1. The van der Waals surface area contributed by atoms with E-state index in [1.165, 1.54) is 27.0 Å². The Labute approximate surface area is 197 Å². The number of sulfonamides is 1. The van der Waals surface area contributed by atoms with E-state index in [9.17, 15) is 18.0 Å². The first-order valence-electron chi connectivity index (χ1n) is 10.4. The molecule has 32 heavy (non-hydrogen) atoms. The summed E-state index contributed by atoms with van der Waals surface area (Å²) >= 11 is 7.38. The largest absolute Gasteiger partial charge is 0.325 e. The minimum atomic E-state index is -3.65. The number of carbonyl (C=O) groups is 2. The van der Waals surface area contributed by atoms with Crippen molar-refractivity contribution in [1.82, 2.24) is 4.31 Å². The van der Waals surface area contributed by atoms with Gasteiger partial charge in [0.05, 0.1) is 10.6 Å². The molecule has 170 valence electrons. The number of fused-ring (bicyclic) bond motifs is 1. The van der Waals surface area contributed by atoms with Crippen molar-refractivity contribution in [1.29, 1.82) is 0 Å². The molecule has 2 aromatic rings. The number of nitrogens with zero attached hydrogens (tertiary/aromatic N) is 2. The molecule has 2 aliphatic rings. The highest BCUT2D eigenvalue weighted by molar-refractivity contribution is 7.99. The zero-order chi connectivity index (χ0) is 22.9. The Morgan fingerprint density at radius 3 is 2.53 bits per heavy atom. The van der Waals surface area contributed by atoms with Gasteiger partial charge in [0.1, 0.15) is 6.54 Å². The first kappa shape index (κ1) is 23.1. The van der Waals surface area contributed by atoms with Crippen molar-refractivity contribution in [2.75, 3.05) is 35.6 Å². The predicted molar refractivity (Wildman–Crippen MR) is 127 cm³/mol. The number of halogens is 1. The van der Waals surface area contributed by atoms with Crippen molar-refractivity contribution >= 4 is 56.6 Å². The first-order valence-corrected chi connectivity index (χ1v) is 13.2. The van der Waals surface area contributed by atoms with Crippen LogP contribution < -0.4 is 10.2 Å². The van der Waals surface area contributed by atoms with Crippen LogP contribution in [0.4, 0.5) is 11.4 Å². The maximum absolute atomic E-state index is 13.1.